The summed E-state index contributed by atoms with van der Waals surface area (Å²) in [5.41, 5.74) is 0.528. The highest BCUT2D eigenvalue weighted by Crippen LogP contribution is 2.35. The van der Waals surface area contributed by atoms with Crippen molar-refractivity contribution in [3.63, 3.8) is 0 Å². The van der Waals surface area contributed by atoms with Crippen LogP contribution in [0.1, 0.15) is 38.5 Å². The van der Waals surface area contributed by atoms with Gasteiger partial charge in [0.2, 0.25) is 11.7 Å². The molecule has 3 heterocycles. The number of nitrogens with zero attached hydrogens (tertiary/aromatic N) is 3. The Morgan fingerprint density at radius 1 is 1.43 bits per heavy atom. The predicted molar refractivity (Wildman–Crippen MR) is 86.8 cm³/mol. The Kier molecular flexibility index (Phi) is 4.42. The number of halogens is 2. The number of hydrogen-bond acceptors (Lipinski definition) is 5. The van der Waals surface area contributed by atoms with Gasteiger partial charge in [-0.25, -0.2) is 0 Å². The van der Waals surface area contributed by atoms with Crippen molar-refractivity contribution in [3.8, 4) is 11.5 Å². The summed E-state index contributed by atoms with van der Waals surface area (Å²) >= 11 is 6.88. The Bertz CT molecular complexity index is 638. The lowest BCUT2D eigenvalue weighted by molar-refractivity contribution is 0.241. The van der Waals surface area contributed by atoms with Crippen molar-refractivity contribution < 1.29 is 4.52 Å². The fourth-order valence-corrected chi connectivity index (χ4v) is 3.99. The molecule has 0 radical (unpaired) electrons. The summed E-state index contributed by atoms with van der Waals surface area (Å²) in [7, 11) is 0. The number of aromatic nitrogens is 3. The quantitative estimate of drug-likeness (QED) is 0.816. The molecule has 5 nitrogen and oxygen atoms in total. The molecular formula is C14H16Br2N4O. The summed E-state index contributed by atoms with van der Waals surface area (Å²) in [6, 6.07) is 1.92. The van der Waals surface area contributed by atoms with Crippen LogP contribution in [0.5, 0.6) is 0 Å². The largest absolute Gasteiger partial charge is 0.337 e. The van der Waals surface area contributed by atoms with Crippen molar-refractivity contribution in [2.24, 2.45) is 0 Å². The number of pyridine rings is 1. The van der Waals surface area contributed by atoms with Gasteiger partial charge < -0.3 is 9.84 Å². The van der Waals surface area contributed by atoms with E-state index < -0.39 is 0 Å². The lowest BCUT2D eigenvalue weighted by Gasteiger charge is -2.24. The van der Waals surface area contributed by atoms with Crippen LogP contribution < -0.4 is 5.32 Å². The van der Waals surface area contributed by atoms with Gasteiger partial charge in [0.1, 0.15) is 5.69 Å². The minimum atomic E-state index is -0.165. The van der Waals surface area contributed by atoms with E-state index in [1.807, 2.05) is 6.07 Å². The second-order valence-corrected chi connectivity index (χ2v) is 7.04. The topological polar surface area (TPSA) is 63.8 Å². The van der Waals surface area contributed by atoms with E-state index in [1.54, 1.807) is 6.20 Å². The molecule has 2 aromatic rings. The molecule has 2 aromatic heterocycles. The van der Waals surface area contributed by atoms with Crippen LogP contribution >= 0.6 is 31.9 Å². The van der Waals surface area contributed by atoms with Crippen LogP contribution in [0.15, 0.2) is 25.7 Å². The molecule has 0 amide bonds. The van der Waals surface area contributed by atoms with Crippen LogP contribution in [0, 0.1) is 0 Å². The Morgan fingerprint density at radius 3 is 2.95 bits per heavy atom. The molecule has 0 aromatic carbocycles. The molecule has 7 heteroatoms. The molecule has 0 saturated carbocycles. The third kappa shape index (κ3) is 2.91. The summed E-state index contributed by atoms with van der Waals surface area (Å²) in [4.78, 5) is 8.95. The van der Waals surface area contributed by atoms with Gasteiger partial charge in [-0.3, -0.25) is 4.98 Å². The molecule has 0 spiro atoms. The highest BCUT2D eigenvalue weighted by atomic mass is 79.9. The fraction of sp³-hybridized carbons (Fsp3) is 0.500. The monoisotopic (exact) mass is 414 g/mol. The van der Waals surface area contributed by atoms with E-state index in [-0.39, 0.29) is 5.54 Å². The molecule has 3 rings (SSSR count). The molecule has 112 valence electrons. The molecule has 1 aliphatic heterocycles. The first-order chi connectivity index (χ1) is 10.1. The molecule has 0 bridgehead atoms. The maximum Gasteiger partial charge on any atom is 0.247 e. The maximum atomic E-state index is 5.55. The zero-order valence-electron chi connectivity index (χ0n) is 11.7. The highest BCUT2D eigenvalue weighted by Gasteiger charge is 2.39. The zero-order valence-corrected chi connectivity index (χ0v) is 14.9. The van der Waals surface area contributed by atoms with Gasteiger partial charge in [-0.2, -0.15) is 4.98 Å². The van der Waals surface area contributed by atoms with Crippen molar-refractivity contribution in [3.05, 3.63) is 27.1 Å². The summed E-state index contributed by atoms with van der Waals surface area (Å²) in [5, 5.41) is 7.65. The van der Waals surface area contributed by atoms with E-state index in [4.69, 9.17) is 4.52 Å². The van der Waals surface area contributed by atoms with Crippen molar-refractivity contribution in [2.75, 3.05) is 6.54 Å². The Labute approximate surface area is 140 Å². The van der Waals surface area contributed by atoms with Crippen molar-refractivity contribution in [2.45, 2.75) is 38.1 Å². The van der Waals surface area contributed by atoms with Crippen LogP contribution in [0.3, 0.4) is 0 Å². The third-order valence-electron chi connectivity index (χ3n) is 3.78. The number of nitrogens with one attached hydrogen (secondary N) is 1. The lowest BCUT2D eigenvalue weighted by Crippen LogP contribution is -2.36. The fourth-order valence-electron chi connectivity index (χ4n) is 2.83. The Balaban J connectivity index is 1.95. The van der Waals surface area contributed by atoms with Gasteiger partial charge in [-0.05, 0) is 63.7 Å². The third-order valence-corrected chi connectivity index (χ3v) is 4.81. The smallest absolute Gasteiger partial charge is 0.247 e. The zero-order chi connectivity index (χ0) is 14.9. The van der Waals surface area contributed by atoms with Crippen molar-refractivity contribution in [1.29, 1.82) is 0 Å². The highest BCUT2D eigenvalue weighted by molar-refractivity contribution is 9.11. The van der Waals surface area contributed by atoms with Gasteiger partial charge in [-0.1, -0.05) is 18.5 Å². The first kappa shape index (κ1) is 15.1. The molecule has 1 N–H and O–H groups in total. The van der Waals surface area contributed by atoms with Crippen LogP contribution in [0.2, 0.25) is 0 Å². The molecule has 1 unspecified atom stereocenters. The molecule has 0 aliphatic carbocycles. The van der Waals surface area contributed by atoms with Crippen LogP contribution in [0.4, 0.5) is 0 Å². The van der Waals surface area contributed by atoms with E-state index in [2.05, 4.69) is 59.2 Å². The van der Waals surface area contributed by atoms with Crippen molar-refractivity contribution >= 4 is 31.9 Å². The van der Waals surface area contributed by atoms with E-state index in [9.17, 15) is 0 Å². The summed E-state index contributed by atoms with van der Waals surface area (Å²) in [6.07, 6.45) is 5.98. The molecule has 1 fully saturated rings. The average Bonchev–Trinajstić information content (AvgIpc) is 3.08. The van der Waals surface area contributed by atoms with Crippen LogP contribution in [-0.2, 0) is 5.54 Å². The Morgan fingerprint density at radius 2 is 2.29 bits per heavy atom. The van der Waals surface area contributed by atoms with E-state index in [0.717, 1.165) is 41.2 Å². The predicted octanol–water partition coefficient (Wildman–Crippen LogP) is 4.04. The molecule has 1 aliphatic rings. The summed E-state index contributed by atoms with van der Waals surface area (Å²) in [5.74, 6) is 1.20. The van der Waals surface area contributed by atoms with Gasteiger partial charge >= 0.3 is 0 Å². The average molecular weight is 416 g/mol. The summed E-state index contributed by atoms with van der Waals surface area (Å²) in [6.45, 7) is 3.17. The normalized spacial score (nSPS) is 21.9. The molecule has 1 saturated heterocycles. The second-order valence-electron chi connectivity index (χ2n) is 5.27. The lowest BCUT2D eigenvalue weighted by atomic mass is 9.92. The Hall–Kier alpha value is -0.790. The van der Waals surface area contributed by atoms with Gasteiger partial charge in [0, 0.05) is 15.1 Å². The second kappa shape index (κ2) is 6.14. The maximum absolute atomic E-state index is 5.55. The minimum Gasteiger partial charge on any atom is -0.337 e. The van der Waals surface area contributed by atoms with Crippen LogP contribution in [0.25, 0.3) is 11.5 Å². The van der Waals surface area contributed by atoms with Gasteiger partial charge in [0.25, 0.3) is 0 Å². The van der Waals surface area contributed by atoms with Gasteiger partial charge in [0.05, 0.1) is 5.54 Å². The summed E-state index contributed by atoms with van der Waals surface area (Å²) < 4.78 is 7.29. The SMILES string of the molecule is CCCC1(c2nc(-c3ncc(Br)cc3Br)no2)CCCN1. The molecular weight excluding hydrogens is 400 g/mol. The van der Waals surface area contributed by atoms with Gasteiger partial charge in [0.15, 0.2) is 0 Å². The minimum absolute atomic E-state index is 0.165. The first-order valence-corrected chi connectivity index (χ1v) is 8.64. The van der Waals surface area contributed by atoms with E-state index in [1.165, 1.54) is 0 Å². The van der Waals surface area contributed by atoms with Gasteiger partial charge in [-0.15, -0.1) is 0 Å². The number of rotatable bonds is 4. The standard InChI is InChI=1S/C14H16Br2N4O/c1-2-4-14(5-3-6-18-14)13-19-12(20-21-13)11-10(16)7-9(15)8-17-11/h7-8,18H,2-6H2,1H3. The van der Waals surface area contributed by atoms with E-state index >= 15 is 0 Å². The number of hydrogen-bond donors (Lipinski definition) is 1. The molecule has 21 heavy (non-hydrogen) atoms. The van der Waals surface area contributed by atoms with Crippen LogP contribution in [-0.4, -0.2) is 21.7 Å². The van der Waals surface area contributed by atoms with E-state index in [0.29, 0.717) is 17.4 Å². The molecule has 1 atom stereocenters. The van der Waals surface area contributed by atoms with Crippen molar-refractivity contribution in [1.82, 2.24) is 20.4 Å². The first-order valence-electron chi connectivity index (χ1n) is 7.05.